The Kier molecular flexibility index (Phi) is 4.03. The summed E-state index contributed by atoms with van der Waals surface area (Å²) in [5.41, 5.74) is 2.24. The van der Waals surface area contributed by atoms with Crippen molar-refractivity contribution >= 4 is 0 Å². The summed E-state index contributed by atoms with van der Waals surface area (Å²) >= 11 is 0. The van der Waals surface area contributed by atoms with E-state index < -0.39 is 0 Å². The topological polar surface area (TPSA) is 29.5 Å². The van der Waals surface area contributed by atoms with Crippen molar-refractivity contribution in [2.45, 2.75) is 37.9 Å². The van der Waals surface area contributed by atoms with Gasteiger partial charge in [0.1, 0.15) is 11.9 Å². The molecule has 1 fully saturated rings. The highest BCUT2D eigenvalue weighted by Gasteiger charge is 2.25. The van der Waals surface area contributed by atoms with Gasteiger partial charge in [-0.05, 0) is 30.9 Å². The number of aliphatic hydroxyl groups is 1. The molecule has 2 aromatic rings. The maximum Gasteiger partial charge on any atom is 0.127 e. The normalized spacial score (nSPS) is 22.4. The van der Waals surface area contributed by atoms with Gasteiger partial charge in [-0.3, -0.25) is 0 Å². The molecule has 0 radical (unpaired) electrons. The van der Waals surface area contributed by atoms with Crippen LogP contribution in [0.5, 0.6) is 5.75 Å². The molecule has 0 amide bonds. The molecule has 1 aliphatic rings. The van der Waals surface area contributed by atoms with E-state index in [9.17, 15) is 5.11 Å². The largest absolute Gasteiger partial charge is 0.487 e. The van der Waals surface area contributed by atoms with Crippen molar-refractivity contribution in [2.75, 3.05) is 0 Å². The van der Waals surface area contributed by atoms with Gasteiger partial charge in [0.15, 0.2) is 0 Å². The highest BCUT2D eigenvalue weighted by molar-refractivity contribution is 5.70. The molecular formula is C18H20O2. The predicted molar refractivity (Wildman–Crippen MR) is 80.8 cm³/mol. The van der Waals surface area contributed by atoms with Crippen LogP contribution in [0.25, 0.3) is 11.1 Å². The predicted octanol–water partition coefficient (Wildman–Crippen LogP) is 4.04. The Labute approximate surface area is 120 Å². The average molecular weight is 268 g/mol. The van der Waals surface area contributed by atoms with Crippen LogP contribution < -0.4 is 4.74 Å². The molecule has 2 aromatic carbocycles. The lowest BCUT2D eigenvalue weighted by atomic mass is 9.94. The third kappa shape index (κ3) is 2.86. The Balaban J connectivity index is 1.86. The van der Waals surface area contributed by atoms with Gasteiger partial charge in [-0.2, -0.15) is 0 Å². The van der Waals surface area contributed by atoms with E-state index in [-0.39, 0.29) is 12.2 Å². The van der Waals surface area contributed by atoms with Gasteiger partial charge in [0, 0.05) is 5.56 Å². The van der Waals surface area contributed by atoms with Gasteiger partial charge in [0.2, 0.25) is 0 Å². The summed E-state index contributed by atoms with van der Waals surface area (Å²) in [7, 11) is 0. The van der Waals surface area contributed by atoms with Gasteiger partial charge < -0.3 is 9.84 Å². The van der Waals surface area contributed by atoms with Crippen molar-refractivity contribution in [3.05, 3.63) is 54.6 Å². The second-order valence-corrected chi connectivity index (χ2v) is 5.37. The van der Waals surface area contributed by atoms with E-state index >= 15 is 0 Å². The number of rotatable bonds is 3. The van der Waals surface area contributed by atoms with E-state index in [1.165, 1.54) is 0 Å². The fourth-order valence-electron chi connectivity index (χ4n) is 2.80. The van der Waals surface area contributed by atoms with Crippen LogP contribution in [0.3, 0.4) is 0 Å². The molecule has 2 unspecified atom stereocenters. The van der Waals surface area contributed by atoms with Crippen molar-refractivity contribution in [2.24, 2.45) is 0 Å². The molecule has 104 valence electrons. The van der Waals surface area contributed by atoms with Gasteiger partial charge in [0.25, 0.3) is 0 Å². The molecule has 1 N–H and O–H groups in total. The highest BCUT2D eigenvalue weighted by atomic mass is 16.5. The molecule has 0 heterocycles. The Morgan fingerprint density at radius 3 is 2.35 bits per heavy atom. The number of hydrogen-bond acceptors (Lipinski definition) is 2. The summed E-state index contributed by atoms with van der Waals surface area (Å²) in [5.74, 6) is 0.865. The second-order valence-electron chi connectivity index (χ2n) is 5.37. The average Bonchev–Trinajstić information content (AvgIpc) is 2.51. The Morgan fingerprint density at radius 2 is 1.55 bits per heavy atom. The third-order valence-corrected chi connectivity index (χ3v) is 3.92. The molecule has 0 aliphatic heterocycles. The van der Waals surface area contributed by atoms with E-state index in [2.05, 4.69) is 18.2 Å². The van der Waals surface area contributed by atoms with Crippen LogP contribution in [0.4, 0.5) is 0 Å². The van der Waals surface area contributed by atoms with Gasteiger partial charge in [-0.15, -0.1) is 0 Å². The third-order valence-electron chi connectivity index (χ3n) is 3.92. The molecule has 2 nitrogen and oxygen atoms in total. The fraction of sp³-hybridized carbons (Fsp3) is 0.333. The van der Waals surface area contributed by atoms with Gasteiger partial charge in [-0.1, -0.05) is 55.0 Å². The van der Waals surface area contributed by atoms with Crippen LogP contribution in [0.1, 0.15) is 25.7 Å². The first-order chi connectivity index (χ1) is 9.84. The Morgan fingerprint density at radius 1 is 0.850 bits per heavy atom. The van der Waals surface area contributed by atoms with Crippen molar-refractivity contribution < 1.29 is 9.84 Å². The summed E-state index contributed by atoms with van der Waals surface area (Å²) < 4.78 is 6.10. The molecule has 0 spiro atoms. The van der Waals surface area contributed by atoms with E-state index in [1.54, 1.807) is 0 Å². The van der Waals surface area contributed by atoms with Crippen molar-refractivity contribution in [1.82, 2.24) is 0 Å². The number of para-hydroxylation sites is 1. The van der Waals surface area contributed by atoms with E-state index in [1.807, 2.05) is 36.4 Å². The zero-order valence-corrected chi connectivity index (χ0v) is 11.5. The Hall–Kier alpha value is -1.80. The van der Waals surface area contributed by atoms with Crippen LogP contribution in [0.15, 0.2) is 54.6 Å². The molecule has 0 bridgehead atoms. The Bertz CT molecular complexity index is 550. The van der Waals surface area contributed by atoms with Crippen molar-refractivity contribution in [3.8, 4) is 16.9 Å². The number of ether oxygens (including phenoxy) is 1. The lowest BCUT2D eigenvalue weighted by molar-refractivity contribution is 0.00718. The van der Waals surface area contributed by atoms with Crippen molar-refractivity contribution in [3.63, 3.8) is 0 Å². The van der Waals surface area contributed by atoms with E-state index in [4.69, 9.17) is 4.74 Å². The molecular weight excluding hydrogens is 248 g/mol. The summed E-state index contributed by atoms with van der Waals surface area (Å²) in [6.45, 7) is 0. The summed E-state index contributed by atoms with van der Waals surface area (Å²) in [6, 6.07) is 18.3. The smallest absolute Gasteiger partial charge is 0.127 e. The van der Waals surface area contributed by atoms with Gasteiger partial charge in [0.05, 0.1) is 6.10 Å². The maximum absolute atomic E-state index is 10.1. The quantitative estimate of drug-likeness (QED) is 0.910. The van der Waals surface area contributed by atoms with Crippen LogP contribution >= 0.6 is 0 Å². The van der Waals surface area contributed by atoms with Crippen LogP contribution in [-0.4, -0.2) is 17.3 Å². The first-order valence-corrected chi connectivity index (χ1v) is 7.34. The number of hydrogen-bond donors (Lipinski definition) is 1. The first-order valence-electron chi connectivity index (χ1n) is 7.34. The minimum Gasteiger partial charge on any atom is -0.487 e. The van der Waals surface area contributed by atoms with E-state index in [0.29, 0.717) is 0 Å². The number of benzene rings is 2. The van der Waals surface area contributed by atoms with Crippen LogP contribution in [-0.2, 0) is 0 Å². The molecule has 20 heavy (non-hydrogen) atoms. The van der Waals surface area contributed by atoms with Gasteiger partial charge >= 0.3 is 0 Å². The molecule has 2 atom stereocenters. The zero-order valence-electron chi connectivity index (χ0n) is 11.5. The molecule has 1 aliphatic carbocycles. The molecule has 2 heteroatoms. The second kappa shape index (κ2) is 6.10. The summed E-state index contributed by atoms with van der Waals surface area (Å²) in [6.07, 6.45) is 3.60. The van der Waals surface area contributed by atoms with E-state index in [0.717, 1.165) is 42.6 Å². The standard InChI is InChI=1S/C18H20O2/c19-16-11-5-7-13-18(16)20-17-12-6-4-10-15(17)14-8-2-1-3-9-14/h1-4,6,8-10,12,16,18-19H,5,7,11,13H2. The minimum absolute atomic E-state index is 0.0754. The molecule has 0 saturated heterocycles. The number of aliphatic hydroxyl groups excluding tert-OH is 1. The summed E-state index contributed by atoms with van der Waals surface area (Å²) in [4.78, 5) is 0. The fourth-order valence-corrected chi connectivity index (χ4v) is 2.80. The first kappa shape index (κ1) is 13.2. The van der Waals surface area contributed by atoms with Gasteiger partial charge in [-0.25, -0.2) is 0 Å². The SMILES string of the molecule is OC1CCCCC1Oc1ccccc1-c1ccccc1. The minimum atomic E-state index is -0.340. The monoisotopic (exact) mass is 268 g/mol. The molecule has 3 rings (SSSR count). The highest BCUT2D eigenvalue weighted by Crippen LogP contribution is 2.32. The molecule has 1 saturated carbocycles. The zero-order chi connectivity index (χ0) is 13.8. The van der Waals surface area contributed by atoms with Crippen LogP contribution in [0.2, 0.25) is 0 Å². The lowest BCUT2D eigenvalue weighted by Gasteiger charge is -2.29. The molecule has 0 aromatic heterocycles. The maximum atomic E-state index is 10.1. The van der Waals surface area contributed by atoms with Crippen molar-refractivity contribution in [1.29, 1.82) is 0 Å². The lowest BCUT2D eigenvalue weighted by Crippen LogP contribution is -2.34. The summed E-state index contributed by atoms with van der Waals surface area (Å²) in [5, 5.41) is 10.1. The van der Waals surface area contributed by atoms with Crippen LogP contribution in [0, 0.1) is 0 Å².